The molecule has 55 heavy (non-hydrogen) atoms. The van der Waals surface area contributed by atoms with Crippen LogP contribution in [0, 0.1) is 11.8 Å². The number of nitrogens with zero attached hydrogens (tertiary/aromatic N) is 4. The first-order chi connectivity index (χ1) is 26.3. The quantitative estimate of drug-likeness (QED) is 0.105. The molecule has 2 heterocycles. The van der Waals surface area contributed by atoms with Crippen molar-refractivity contribution < 1.29 is 23.5 Å². The third-order valence-electron chi connectivity index (χ3n) is 9.61. The first-order valence-electron chi connectivity index (χ1n) is 18.7. The number of hydrogen-bond donors (Lipinski definition) is 3. The number of aliphatic hydroxyl groups is 1. The summed E-state index contributed by atoms with van der Waals surface area (Å²) in [5, 5.41) is 12.3. The number of carbonyl (C=O) groups excluding carboxylic acids is 2. The lowest BCUT2D eigenvalue weighted by atomic mass is 9.87. The number of benzene rings is 2. The third kappa shape index (κ3) is 11.9. The van der Waals surface area contributed by atoms with Crippen LogP contribution in [0.25, 0.3) is 0 Å². The Labute approximate surface area is 323 Å². The predicted octanol–water partition coefficient (Wildman–Crippen LogP) is 6.13. The second-order valence-electron chi connectivity index (χ2n) is 14.4. The number of rotatable bonds is 19. The zero-order chi connectivity index (χ0) is 40.0. The molecule has 0 saturated carbocycles. The minimum Gasteiger partial charge on any atom is -0.385 e. The second-order valence-corrected chi connectivity index (χ2v) is 14.4. The van der Waals surface area contributed by atoms with E-state index < -0.39 is 48.0 Å². The smallest absolute Gasteiger partial charge is 0.296 e. The Morgan fingerprint density at radius 2 is 1.09 bits per heavy atom. The number of aliphatic hydroxyl groups excluding tert-OH is 1. The van der Waals surface area contributed by atoms with E-state index in [4.69, 9.17) is 11.5 Å². The number of pyridine rings is 2. The van der Waals surface area contributed by atoms with Crippen molar-refractivity contribution in [3.8, 4) is 0 Å². The maximum Gasteiger partial charge on any atom is 0.296 e. The average Bonchev–Trinajstić information content (AvgIpc) is 3.19. The third-order valence-corrected chi connectivity index (χ3v) is 9.61. The van der Waals surface area contributed by atoms with Gasteiger partial charge in [0.2, 0.25) is 11.8 Å². The maximum absolute atomic E-state index is 17.8. The monoisotopic (exact) mass is 752 g/mol. The molecular formula is C44H54F2N6O3. The van der Waals surface area contributed by atoms with Gasteiger partial charge >= 0.3 is 0 Å². The predicted molar refractivity (Wildman–Crippen MR) is 212 cm³/mol. The molecule has 0 aliphatic carbocycles. The number of amides is 2. The van der Waals surface area contributed by atoms with Gasteiger partial charge in [-0.3, -0.25) is 19.6 Å². The van der Waals surface area contributed by atoms with Gasteiger partial charge in [0.1, 0.15) is 12.1 Å². The molecule has 292 valence electrons. The van der Waals surface area contributed by atoms with Crippen LogP contribution >= 0.6 is 0 Å². The van der Waals surface area contributed by atoms with Crippen molar-refractivity contribution >= 4 is 11.8 Å². The molecule has 4 rings (SSSR count). The zero-order valence-electron chi connectivity index (χ0n) is 32.0. The van der Waals surface area contributed by atoms with E-state index in [1.165, 1.54) is 12.4 Å². The Morgan fingerprint density at radius 3 is 1.53 bits per heavy atom. The lowest BCUT2D eigenvalue weighted by Crippen LogP contribution is -2.63. The van der Waals surface area contributed by atoms with E-state index in [0.717, 1.165) is 9.80 Å². The summed E-state index contributed by atoms with van der Waals surface area (Å²) in [4.78, 5) is 39.2. The summed E-state index contributed by atoms with van der Waals surface area (Å²) < 4.78 is 35.6. The Morgan fingerprint density at radius 1 is 0.673 bits per heavy atom. The number of carbonyl (C=O) groups is 2. The van der Waals surface area contributed by atoms with Crippen molar-refractivity contribution in [1.29, 1.82) is 0 Å². The van der Waals surface area contributed by atoms with Crippen LogP contribution in [0.1, 0.15) is 50.2 Å². The van der Waals surface area contributed by atoms with Crippen LogP contribution in [-0.2, 0) is 35.3 Å². The summed E-state index contributed by atoms with van der Waals surface area (Å²) in [6.07, 6.45) is 6.82. The normalized spacial score (nSPS) is 14.9. The highest BCUT2D eigenvalue weighted by atomic mass is 19.3. The fourth-order valence-electron chi connectivity index (χ4n) is 6.13. The molecule has 0 unspecified atom stereocenters. The largest absolute Gasteiger partial charge is 0.385 e. The Kier molecular flexibility index (Phi) is 15.9. The highest BCUT2D eigenvalue weighted by molar-refractivity contribution is 5.84. The highest BCUT2D eigenvalue weighted by Crippen LogP contribution is 2.35. The first kappa shape index (κ1) is 42.6. The summed E-state index contributed by atoms with van der Waals surface area (Å²) in [5.74, 6) is -6.10. The van der Waals surface area contributed by atoms with Gasteiger partial charge in [-0.15, -0.1) is 0 Å². The standard InChI is InChI=1S/C44H54F2N6O3/c1-31(2)39(47)42(54)51(27-15-23-35-21-11-13-25-49-35)37(29-33-17-7-5-8-18-33)41(53)44(45,46)38(30-34-19-9-6-10-20-34)52(43(55)40(48)32(3)4)28-16-24-36-22-12-14-26-50-36/h5-22,25-28,31-32,37-41,53H,23-24,29-30,47-48H2,1-4H3/t37-,38-,39-,40-,41+/m0/s1. The van der Waals surface area contributed by atoms with Crippen LogP contribution < -0.4 is 11.5 Å². The van der Waals surface area contributed by atoms with Gasteiger partial charge in [-0.1, -0.05) is 113 Å². The molecule has 9 nitrogen and oxygen atoms in total. The second kappa shape index (κ2) is 20.5. The average molecular weight is 753 g/mol. The van der Waals surface area contributed by atoms with Crippen molar-refractivity contribution in [2.24, 2.45) is 23.3 Å². The lowest BCUT2D eigenvalue weighted by Gasteiger charge is -2.43. The van der Waals surface area contributed by atoms with E-state index in [1.54, 1.807) is 131 Å². The molecule has 0 fully saturated rings. The van der Waals surface area contributed by atoms with Crippen LogP contribution in [0.4, 0.5) is 8.78 Å². The fraction of sp³-hybridized carbons (Fsp3) is 0.364. The van der Waals surface area contributed by atoms with Crippen LogP contribution in [0.2, 0.25) is 0 Å². The zero-order valence-corrected chi connectivity index (χ0v) is 32.0. The van der Waals surface area contributed by atoms with Crippen molar-refractivity contribution in [3.63, 3.8) is 0 Å². The number of alkyl halides is 2. The van der Waals surface area contributed by atoms with Gasteiger partial charge in [-0.05, 0) is 60.1 Å². The summed E-state index contributed by atoms with van der Waals surface area (Å²) in [6.45, 7) is 7.02. The molecule has 2 aromatic carbocycles. The minimum absolute atomic E-state index is 0.144. The summed E-state index contributed by atoms with van der Waals surface area (Å²) in [6, 6.07) is 22.6. The molecule has 4 aromatic rings. The lowest BCUT2D eigenvalue weighted by molar-refractivity contribution is -0.180. The number of hydrogen-bond acceptors (Lipinski definition) is 7. The van der Waals surface area contributed by atoms with E-state index >= 15 is 8.78 Å². The molecular weight excluding hydrogens is 699 g/mol. The number of nitrogens with two attached hydrogens (primary N) is 2. The van der Waals surface area contributed by atoms with E-state index in [-0.39, 0.29) is 31.1 Å². The Bertz CT molecular complexity index is 1810. The molecule has 0 saturated heterocycles. The Hall–Kier alpha value is -5.10. The van der Waals surface area contributed by atoms with Crippen LogP contribution in [0.5, 0.6) is 0 Å². The molecule has 0 aliphatic heterocycles. The van der Waals surface area contributed by atoms with Crippen LogP contribution in [0.15, 0.2) is 134 Å². The van der Waals surface area contributed by atoms with Gasteiger partial charge < -0.3 is 26.4 Å². The number of allylic oxidation sites excluding steroid dienone is 2. The van der Waals surface area contributed by atoms with Gasteiger partial charge in [0.25, 0.3) is 5.92 Å². The minimum atomic E-state index is -4.02. The van der Waals surface area contributed by atoms with E-state index in [1.807, 2.05) is 18.2 Å². The molecule has 5 atom stereocenters. The topological polar surface area (TPSA) is 139 Å². The Balaban J connectivity index is 1.87. The van der Waals surface area contributed by atoms with E-state index in [0.29, 0.717) is 28.9 Å². The van der Waals surface area contributed by atoms with E-state index in [9.17, 15) is 14.7 Å². The SMILES string of the molecule is CC(C)[C@H](N)C(=O)N(C=CCc1ccccn1)[C@@H](Cc1ccccc1)C(F)(F)[C@H](O)[C@H](Cc1ccccc1)N(C=CCc1ccccn1)C(=O)[C@@H](N)C(C)C. The molecule has 2 amide bonds. The number of aromatic nitrogens is 2. The van der Waals surface area contributed by atoms with Gasteiger partial charge in [0.05, 0.1) is 18.1 Å². The van der Waals surface area contributed by atoms with Crippen molar-refractivity contribution in [1.82, 2.24) is 19.8 Å². The van der Waals surface area contributed by atoms with Crippen LogP contribution in [0.3, 0.4) is 0 Å². The molecule has 0 aliphatic rings. The fourth-order valence-corrected chi connectivity index (χ4v) is 6.13. The molecule has 0 spiro atoms. The summed E-state index contributed by atoms with van der Waals surface area (Å²) in [5.41, 5.74) is 15.3. The molecule has 5 N–H and O–H groups in total. The summed E-state index contributed by atoms with van der Waals surface area (Å²) >= 11 is 0. The molecule has 2 aromatic heterocycles. The molecule has 0 bridgehead atoms. The van der Waals surface area contributed by atoms with Gasteiger partial charge in [-0.25, -0.2) is 8.78 Å². The summed E-state index contributed by atoms with van der Waals surface area (Å²) in [7, 11) is 0. The first-order valence-corrected chi connectivity index (χ1v) is 18.7. The van der Waals surface area contributed by atoms with Crippen molar-refractivity contribution in [3.05, 3.63) is 157 Å². The van der Waals surface area contributed by atoms with Crippen molar-refractivity contribution in [2.75, 3.05) is 0 Å². The van der Waals surface area contributed by atoms with E-state index in [2.05, 4.69) is 9.97 Å². The number of halogens is 2. The molecule has 11 heteroatoms. The van der Waals surface area contributed by atoms with Gasteiger partial charge in [0, 0.05) is 49.0 Å². The molecule has 0 radical (unpaired) electrons. The van der Waals surface area contributed by atoms with Crippen LogP contribution in [-0.4, -0.2) is 72.9 Å². The highest BCUT2D eigenvalue weighted by Gasteiger charge is 2.54. The van der Waals surface area contributed by atoms with Gasteiger partial charge in [0.15, 0.2) is 0 Å². The van der Waals surface area contributed by atoms with Gasteiger partial charge in [-0.2, -0.15) is 0 Å². The van der Waals surface area contributed by atoms with Crippen molar-refractivity contribution in [2.45, 2.75) is 89.6 Å². The maximum atomic E-state index is 17.8.